The van der Waals surface area contributed by atoms with Gasteiger partial charge in [0.15, 0.2) is 0 Å². The van der Waals surface area contributed by atoms with Crippen LogP contribution in [0.3, 0.4) is 0 Å². The SMILES string of the molecule is CCC(Nc1ccc(I)cc1Br)c1ccco1. The van der Waals surface area contributed by atoms with Crippen molar-refractivity contribution >= 4 is 44.2 Å². The molecule has 2 nitrogen and oxygen atoms in total. The first kappa shape index (κ1) is 13.0. The molecule has 1 N–H and O–H groups in total. The molecular weight excluding hydrogens is 393 g/mol. The van der Waals surface area contributed by atoms with Crippen molar-refractivity contribution in [1.29, 1.82) is 0 Å². The Morgan fingerprint density at radius 1 is 1.41 bits per heavy atom. The summed E-state index contributed by atoms with van der Waals surface area (Å²) in [6.07, 6.45) is 2.69. The summed E-state index contributed by atoms with van der Waals surface area (Å²) in [5.41, 5.74) is 1.09. The molecule has 1 aromatic heterocycles. The minimum absolute atomic E-state index is 0.210. The highest BCUT2D eigenvalue weighted by atomic mass is 127. The van der Waals surface area contributed by atoms with Gasteiger partial charge in [0.25, 0.3) is 0 Å². The number of furan rings is 1. The molecule has 2 aromatic rings. The second-order valence-corrected chi connectivity index (χ2v) is 5.84. The van der Waals surface area contributed by atoms with Gasteiger partial charge in [0.2, 0.25) is 0 Å². The van der Waals surface area contributed by atoms with Gasteiger partial charge in [-0.25, -0.2) is 0 Å². The van der Waals surface area contributed by atoms with Crippen LogP contribution in [0.4, 0.5) is 5.69 Å². The lowest BCUT2D eigenvalue weighted by molar-refractivity contribution is 0.474. The Bertz CT molecular complexity index is 484. The highest BCUT2D eigenvalue weighted by Crippen LogP contribution is 2.29. The highest BCUT2D eigenvalue weighted by Gasteiger charge is 2.13. The van der Waals surface area contributed by atoms with Crippen molar-refractivity contribution in [1.82, 2.24) is 0 Å². The van der Waals surface area contributed by atoms with E-state index in [2.05, 4.69) is 69.0 Å². The lowest BCUT2D eigenvalue weighted by Gasteiger charge is -2.17. The third-order valence-electron chi connectivity index (χ3n) is 2.56. The van der Waals surface area contributed by atoms with Crippen LogP contribution in [0.5, 0.6) is 0 Å². The van der Waals surface area contributed by atoms with Crippen LogP contribution in [-0.2, 0) is 0 Å². The van der Waals surface area contributed by atoms with E-state index in [-0.39, 0.29) is 6.04 Å². The standard InChI is InChI=1S/C13H13BrINO/c1-2-11(13-4-3-7-17-13)16-12-6-5-9(15)8-10(12)14/h3-8,11,16H,2H2,1H3. The molecule has 1 aromatic carbocycles. The number of nitrogens with one attached hydrogen (secondary N) is 1. The number of hydrogen-bond acceptors (Lipinski definition) is 2. The molecule has 1 heterocycles. The molecule has 17 heavy (non-hydrogen) atoms. The molecule has 0 aliphatic heterocycles. The fraction of sp³-hybridized carbons (Fsp3) is 0.231. The summed E-state index contributed by atoms with van der Waals surface area (Å²) in [5.74, 6) is 0.970. The van der Waals surface area contributed by atoms with E-state index in [1.165, 1.54) is 3.57 Å². The average Bonchev–Trinajstić information content (AvgIpc) is 2.81. The predicted octanol–water partition coefficient (Wildman–Crippen LogP) is 5.21. The maximum absolute atomic E-state index is 5.44. The topological polar surface area (TPSA) is 25.2 Å². The van der Waals surface area contributed by atoms with E-state index in [4.69, 9.17) is 4.42 Å². The minimum atomic E-state index is 0.210. The van der Waals surface area contributed by atoms with E-state index < -0.39 is 0 Å². The quantitative estimate of drug-likeness (QED) is 0.706. The predicted molar refractivity (Wildman–Crippen MR) is 82.2 cm³/mol. The van der Waals surface area contributed by atoms with Gasteiger partial charge >= 0.3 is 0 Å². The van der Waals surface area contributed by atoms with Crippen LogP contribution in [0.25, 0.3) is 0 Å². The summed E-state index contributed by atoms with van der Waals surface area (Å²) in [4.78, 5) is 0. The van der Waals surface area contributed by atoms with Crippen LogP contribution >= 0.6 is 38.5 Å². The van der Waals surface area contributed by atoms with Gasteiger partial charge in [0, 0.05) is 13.7 Å². The zero-order valence-corrected chi connectivity index (χ0v) is 13.2. The molecule has 4 heteroatoms. The van der Waals surface area contributed by atoms with Gasteiger partial charge in [-0.05, 0) is 75.3 Å². The number of anilines is 1. The number of hydrogen-bond donors (Lipinski definition) is 1. The maximum atomic E-state index is 5.44. The Balaban J connectivity index is 2.19. The van der Waals surface area contributed by atoms with Gasteiger partial charge in [0.05, 0.1) is 12.3 Å². The summed E-state index contributed by atoms with van der Waals surface area (Å²) in [6.45, 7) is 2.14. The first-order valence-corrected chi connectivity index (χ1v) is 7.33. The zero-order valence-electron chi connectivity index (χ0n) is 9.41. The smallest absolute Gasteiger partial charge is 0.125 e. The fourth-order valence-electron chi connectivity index (χ4n) is 1.66. The molecule has 0 saturated heterocycles. The van der Waals surface area contributed by atoms with Crippen LogP contribution in [0.15, 0.2) is 45.5 Å². The minimum Gasteiger partial charge on any atom is -0.467 e. The Morgan fingerprint density at radius 3 is 2.82 bits per heavy atom. The highest BCUT2D eigenvalue weighted by molar-refractivity contribution is 14.1. The fourth-order valence-corrected chi connectivity index (χ4v) is 3.07. The Hall–Kier alpha value is -0.490. The summed E-state index contributed by atoms with van der Waals surface area (Å²) < 4.78 is 7.74. The van der Waals surface area contributed by atoms with Crippen molar-refractivity contribution in [2.45, 2.75) is 19.4 Å². The van der Waals surface area contributed by atoms with E-state index in [0.29, 0.717) is 0 Å². The molecule has 0 radical (unpaired) electrons. The maximum Gasteiger partial charge on any atom is 0.125 e. The molecule has 0 bridgehead atoms. The third kappa shape index (κ3) is 3.25. The summed E-state index contributed by atoms with van der Waals surface area (Å²) in [7, 11) is 0. The molecule has 1 unspecified atom stereocenters. The van der Waals surface area contributed by atoms with Crippen LogP contribution in [-0.4, -0.2) is 0 Å². The van der Waals surface area contributed by atoms with Crippen LogP contribution in [0.1, 0.15) is 25.1 Å². The molecule has 90 valence electrons. The Morgan fingerprint density at radius 2 is 2.24 bits per heavy atom. The Kier molecular flexibility index (Phi) is 4.50. The molecule has 2 rings (SSSR count). The van der Waals surface area contributed by atoms with Crippen LogP contribution in [0.2, 0.25) is 0 Å². The van der Waals surface area contributed by atoms with E-state index >= 15 is 0 Å². The molecule has 1 atom stereocenters. The molecular formula is C13H13BrINO. The number of halogens is 2. The normalized spacial score (nSPS) is 12.4. The van der Waals surface area contributed by atoms with Crippen molar-refractivity contribution < 1.29 is 4.42 Å². The van der Waals surface area contributed by atoms with E-state index in [9.17, 15) is 0 Å². The van der Waals surface area contributed by atoms with Gasteiger partial charge < -0.3 is 9.73 Å². The summed E-state index contributed by atoms with van der Waals surface area (Å²) in [6, 6.07) is 10.4. The van der Waals surface area contributed by atoms with E-state index in [1.807, 2.05) is 12.1 Å². The molecule has 0 amide bonds. The van der Waals surface area contributed by atoms with Gasteiger partial charge in [-0.15, -0.1) is 0 Å². The molecule has 0 spiro atoms. The van der Waals surface area contributed by atoms with Gasteiger partial charge in [-0.2, -0.15) is 0 Å². The van der Waals surface area contributed by atoms with Crippen molar-refractivity contribution in [3.8, 4) is 0 Å². The third-order valence-corrected chi connectivity index (χ3v) is 3.88. The van der Waals surface area contributed by atoms with Gasteiger partial charge in [0.1, 0.15) is 5.76 Å². The molecule has 0 aliphatic carbocycles. The second-order valence-electron chi connectivity index (χ2n) is 3.74. The summed E-state index contributed by atoms with van der Waals surface area (Å²) in [5, 5.41) is 3.48. The molecule has 0 aliphatic rings. The Labute approximate surface area is 123 Å². The van der Waals surface area contributed by atoms with E-state index in [1.54, 1.807) is 6.26 Å². The zero-order chi connectivity index (χ0) is 12.3. The monoisotopic (exact) mass is 405 g/mol. The average molecular weight is 406 g/mol. The van der Waals surface area contributed by atoms with E-state index in [0.717, 1.165) is 22.3 Å². The molecule has 0 saturated carbocycles. The number of benzene rings is 1. The van der Waals surface area contributed by atoms with Crippen LogP contribution in [0, 0.1) is 3.57 Å². The molecule has 0 fully saturated rings. The second kappa shape index (κ2) is 5.91. The lowest BCUT2D eigenvalue weighted by Crippen LogP contribution is -2.09. The largest absolute Gasteiger partial charge is 0.467 e. The van der Waals surface area contributed by atoms with Gasteiger partial charge in [-0.1, -0.05) is 6.92 Å². The van der Waals surface area contributed by atoms with Crippen molar-refractivity contribution in [2.24, 2.45) is 0 Å². The first-order valence-electron chi connectivity index (χ1n) is 5.45. The first-order chi connectivity index (χ1) is 8.20. The lowest BCUT2D eigenvalue weighted by atomic mass is 10.1. The van der Waals surface area contributed by atoms with Crippen molar-refractivity contribution in [2.75, 3.05) is 5.32 Å². The summed E-state index contributed by atoms with van der Waals surface area (Å²) >= 11 is 5.87. The van der Waals surface area contributed by atoms with Crippen LogP contribution < -0.4 is 5.32 Å². The van der Waals surface area contributed by atoms with Crippen molar-refractivity contribution in [3.63, 3.8) is 0 Å². The van der Waals surface area contributed by atoms with Gasteiger partial charge in [-0.3, -0.25) is 0 Å². The number of rotatable bonds is 4. The van der Waals surface area contributed by atoms with Crippen molar-refractivity contribution in [3.05, 3.63) is 50.4 Å².